The van der Waals surface area contributed by atoms with Crippen LogP contribution in [-0.4, -0.2) is 35.9 Å². The van der Waals surface area contributed by atoms with Crippen molar-refractivity contribution in [1.29, 1.82) is 0 Å². The lowest BCUT2D eigenvalue weighted by molar-refractivity contribution is 0.0549. The molecular formula is C31H25N3O4. The summed E-state index contributed by atoms with van der Waals surface area (Å²) in [5, 5.41) is 4.68. The van der Waals surface area contributed by atoms with E-state index in [9.17, 15) is 9.59 Å². The summed E-state index contributed by atoms with van der Waals surface area (Å²) in [4.78, 5) is 27.9. The van der Waals surface area contributed by atoms with E-state index in [-0.39, 0.29) is 11.3 Å². The van der Waals surface area contributed by atoms with Gasteiger partial charge in [0.2, 0.25) is 0 Å². The largest absolute Gasteiger partial charge is 0.465 e. The average molecular weight is 504 g/mol. The molecule has 0 aliphatic rings. The maximum Gasteiger partial charge on any atom is 0.357 e. The number of hydrogen-bond donors (Lipinski definition) is 0. The van der Waals surface area contributed by atoms with Gasteiger partial charge in [-0.15, -0.1) is 0 Å². The zero-order valence-corrected chi connectivity index (χ0v) is 20.9. The molecule has 1 heterocycles. The van der Waals surface area contributed by atoms with E-state index in [0.717, 1.165) is 17.1 Å². The second-order valence-corrected chi connectivity index (χ2v) is 8.36. The van der Waals surface area contributed by atoms with Crippen LogP contribution >= 0.6 is 0 Å². The fourth-order valence-corrected chi connectivity index (χ4v) is 4.33. The molecule has 0 saturated carbocycles. The van der Waals surface area contributed by atoms with Gasteiger partial charge in [0.1, 0.15) is 11.3 Å². The zero-order valence-electron chi connectivity index (χ0n) is 20.9. The van der Waals surface area contributed by atoms with Crippen LogP contribution in [0.3, 0.4) is 0 Å². The molecule has 0 amide bonds. The monoisotopic (exact) mass is 503 g/mol. The van der Waals surface area contributed by atoms with Crippen LogP contribution in [0, 0.1) is 0 Å². The van der Waals surface area contributed by atoms with E-state index in [1.165, 1.54) is 18.9 Å². The van der Waals surface area contributed by atoms with Crippen LogP contribution in [0.2, 0.25) is 0 Å². The van der Waals surface area contributed by atoms with E-state index in [1.807, 2.05) is 103 Å². The number of nitrogens with zero attached hydrogens (tertiary/aromatic N) is 3. The topological polar surface area (TPSA) is 73.7 Å². The minimum absolute atomic E-state index is 0.000163. The molecule has 5 aromatic rings. The van der Waals surface area contributed by atoms with Gasteiger partial charge >= 0.3 is 11.9 Å². The van der Waals surface area contributed by atoms with Gasteiger partial charge in [-0.1, -0.05) is 66.7 Å². The first-order chi connectivity index (χ1) is 18.6. The van der Waals surface area contributed by atoms with Crippen molar-refractivity contribution in [1.82, 2.24) is 9.78 Å². The summed E-state index contributed by atoms with van der Waals surface area (Å²) >= 11 is 0. The van der Waals surface area contributed by atoms with E-state index in [2.05, 4.69) is 10.00 Å². The first kappa shape index (κ1) is 24.5. The Labute approximate surface area is 220 Å². The first-order valence-corrected chi connectivity index (χ1v) is 12.0. The molecule has 0 bridgehead atoms. The Morgan fingerprint density at radius 2 is 1.11 bits per heavy atom. The number of para-hydroxylation sites is 3. The molecule has 5 rings (SSSR count). The van der Waals surface area contributed by atoms with Crippen molar-refractivity contribution in [3.8, 4) is 16.9 Å². The standard InChI is InChI=1S/C31H25N3O4/c1-37-30(35)27-28(32-34(29(27)31(36)38-2)26-16-10-5-11-17-26)22-18-20-25(21-19-22)33(23-12-6-3-7-13-23)24-14-8-4-9-15-24/h3-21H,1-2H3. The molecule has 7 heteroatoms. The molecule has 0 aliphatic heterocycles. The van der Waals surface area contributed by atoms with Crippen molar-refractivity contribution < 1.29 is 19.1 Å². The predicted octanol–water partition coefficient (Wildman–Crippen LogP) is 6.58. The number of rotatable bonds is 7. The third-order valence-electron chi connectivity index (χ3n) is 6.08. The number of carbonyl (C=O) groups excluding carboxylic acids is 2. The van der Waals surface area contributed by atoms with Crippen LogP contribution in [-0.2, 0) is 9.47 Å². The lowest BCUT2D eigenvalue weighted by Gasteiger charge is -2.25. The molecule has 0 fully saturated rings. The summed E-state index contributed by atoms with van der Waals surface area (Å²) < 4.78 is 11.5. The van der Waals surface area contributed by atoms with Gasteiger partial charge in [0.05, 0.1) is 19.9 Å². The number of anilines is 3. The molecule has 7 nitrogen and oxygen atoms in total. The smallest absolute Gasteiger partial charge is 0.357 e. The molecule has 0 atom stereocenters. The summed E-state index contributed by atoms with van der Waals surface area (Å²) in [6, 6.07) is 36.9. The maximum atomic E-state index is 12.9. The number of ether oxygens (including phenoxy) is 2. The van der Waals surface area contributed by atoms with Gasteiger partial charge in [0.25, 0.3) is 0 Å². The van der Waals surface area contributed by atoms with E-state index >= 15 is 0 Å². The first-order valence-electron chi connectivity index (χ1n) is 12.0. The Hall–Kier alpha value is -5.17. The molecule has 188 valence electrons. The zero-order chi connectivity index (χ0) is 26.5. The Balaban J connectivity index is 1.65. The van der Waals surface area contributed by atoms with E-state index in [0.29, 0.717) is 16.9 Å². The number of methoxy groups -OCH3 is 2. The summed E-state index contributed by atoms with van der Waals surface area (Å²) in [6.07, 6.45) is 0. The van der Waals surface area contributed by atoms with Gasteiger partial charge in [-0.25, -0.2) is 14.3 Å². The fraction of sp³-hybridized carbons (Fsp3) is 0.0645. The second-order valence-electron chi connectivity index (χ2n) is 8.36. The molecule has 38 heavy (non-hydrogen) atoms. The van der Waals surface area contributed by atoms with Crippen molar-refractivity contribution in [3.63, 3.8) is 0 Å². The Kier molecular flexibility index (Phi) is 6.99. The summed E-state index contributed by atoms with van der Waals surface area (Å²) in [5.74, 6) is -1.37. The quantitative estimate of drug-likeness (QED) is 0.234. The second kappa shape index (κ2) is 10.8. The number of hydrogen-bond acceptors (Lipinski definition) is 6. The van der Waals surface area contributed by atoms with Crippen LogP contribution in [0.4, 0.5) is 17.1 Å². The van der Waals surface area contributed by atoms with Crippen LogP contribution in [0.1, 0.15) is 20.8 Å². The third-order valence-corrected chi connectivity index (χ3v) is 6.08. The highest BCUT2D eigenvalue weighted by atomic mass is 16.5. The van der Waals surface area contributed by atoms with Gasteiger partial charge in [0, 0.05) is 22.6 Å². The SMILES string of the molecule is COC(=O)c1c(-c2ccc(N(c3ccccc3)c3ccccc3)cc2)nn(-c2ccccc2)c1C(=O)OC. The lowest BCUT2D eigenvalue weighted by Crippen LogP contribution is -2.15. The number of esters is 2. The highest BCUT2D eigenvalue weighted by Gasteiger charge is 2.31. The van der Waals surface area contributed by atoms with Gasteiger partial charge in [0.15, 0.2) is 5.69 Å². The van der Waals surface area contributed by atoms with Gasteiger partial charge < -0.3 is 14.4 Å². The summed E-state index contributed by atoms with van der Waals surface area (Å²) in [6.45, 7) is 0. The number of aromatic nitrogens is 2. The van der Waals surface area contributed by atoms with Crippen LogP contribution in [0.5, 0.6) is 0 Å². The number of carbonyl (C=O) groups is 2. The van der Waals surface area contributed by atoms with Crippen molar-refractivity contribution in [2.45, 2.75) is 0 Å². The third kappa shape index (κ3) is 4.65. The van der Waals surface area contributed by atoms with Crippen LogP contribution in [0.15, 0.2) is 115 Å². The molecule has 0 spiro atoms. The van der Waals surface area contributed by atoms with Crippen molar-refractivity contribution in [2.75, 3.05) is 19.1 Å². The Bertz CT molecular complexity index is 1510. The van der Waals surface area contributed by atoms with E-state index in [4.69, 9.17) is 9.47 Å². The number of benzene rings is 4. The Morgan fingerprint density at radius 3 is 1.61 bits per heavy atom. The molecule has 1 aromatic heterocycles. The highest BCUT2D eigenvalue weighted by molar-refractivity contribution is 6.07. The van der Waals surface area contributed by atoms with Gasteiger partial charge in [-0.3, -0.25) is 0 Å². The molecule has 0 aliphatic carbocycles. The summed E-state index contributed by atoms with van der Waals surface area (Å²) in [5.41, 5.74) is 4.54. The van der Waals surface area contributed by atoms with E-state index in [1.54, 1.807) is 12.1 Å². The van der Waals surface area contributed by atoms with Crippen LogP contribution in [0.25, 0.3) is 16.9 Å². The summed E-state index contributed by atoms with van der Waals surface area (Å²) in [7, 11) is 2.54. The molecule has 0 saturated heterocycles. The molecular weight excluding hydrogens is 478 g/mol. The minimum Gasteiger partial charge on any atom is -0.465 e. The lowest BCUT2D eigenvalue weighted by atomic mass is 10.0. The molecule has 4 aromatic carbocycles. The van der Waals surface area contributed by atoms with Gasteiger partial charge in [-0.2, -0.15) is 5.10 Å². The average Bonchev–Trinajstić information content (AvgIpc) is 3.39. The molecule has 0 radical (unpaired) electrons. The maximum absolute atomic E-state index is 12.9. The van der Waals surface area contributed by atoms with Gasteiger partial charge in [-0.05, 0) is 48.5 Å². The highest BCUT2D eigenvalue weighted by Crippen LogP contribution is 2.36. The van der Waals surface area contributed by atoms with Crippen LogP contribution < -0.4 is 4.90 Å². The molecule has 0 unspecified atom stereocenters. The Morgan fingerprint density at radius 1 is 0.632 bits per heavy atom. The van der Waals surface area contributed by atoms with Crippen molar-refractivity contribution in [2.24, 2.45) is 0 Å². The molecule has 0 N–H and O–H groups in total. The van der Waals surface area contributed by atoms with Crippen molar-refractivity contribution in [3.05, 3.63) is 127 Å². The van der Waals surface area contributed by atoms with Crippen molar-refractivity contribution >= 4 is 29.0 Å². The fourth-order valence-electron chi connectivity index (χ4n) is 4.33. The van der Waals surface area contributed by atoms with E-state index < -0.39 is 11.9 Å². The minimum atomic E-state index is -0.691. The normalized spacial score (nSPS) is 10.6. The predicted molar refractivity (Wildman–Crippen MR) is 146 cm³/mol.